The van der Waals surface area contributed by atoms with E-state index in [1.165, 1.54) is 5.56 Å². The molecule has 0 aromatic heterocycles. The van der Waals surface area contributed by atoms with Crippen LogP contribution in [0.5, 0.6) is 0 Å². The maximum absolute atomic E-state index is 12.5. The fourth-order valence-corrected chi connectivity index (χ4v) is 3.04. The monoisotopic (exact) mass is 230 g/mol. The number of carbonyl (C=O) groups is 1. The van der Waals surface area contributed by atoms with Crippen LogP contribution in [-0.4, -0.2) is 17.5 Å². The first-order chi connectivity index (χ1) is 7.95. The van der Waals surface area contributed by atoms with Gasteiger partial charge in [-0.2, -0.15) is 0 Å². The number of fused-ring (bicyclic) bond motifs is 1. The third kappa shape index (κ3) is 1.47. The van der Waals surface area contributed by atoms with E-state index in [1.54, 1.807) is 0 Å². The molecule has 2 atom stereocenters. The van der Waals surface area contributed by atoms with Gasteiger partial charge in [-0.3, -0.25) is 4.79 Å². The van der Waals surface area contributed by atoms with Gasteiger partial charge in [-0.1, -0.05) is 45.0 Å². The van der Waals surface area contributed by atoms with Crippen molar-refractivity contribution in [2.45, 2.75) is 45.3 Å². The predicted octanol–water partition coefficient (Wildman–Crippen LogP) is 3.00. The standard InChI is InChI=1S/C15H18O2/c1-14(2,3)13-15(17-13)9-8-10-6-4-5-7-11(10)12(15)16/h4-7,13H,8-9H2,1-3H3/t13-,15-/m0/s1. The van der Waals surface area contributed by atoms with Crippen LogP contribution in [0.3, 0.4) is 0 Å². The molecule has 1 aliphatic heterocycles. The van der Waals surface area contributed by atoms with Crippen molar-refractivity contribution in [1.29, 1.82) is 0 Å². The van der Waals surface area contributed by atoms with E-state index in [-0.39, 0.29) is 17.3 Å². The number of hydrogen-bond acceptors (Lipinski definition) is 2. The summed E-state index contributed by atoms with van der Waals surface area (Å²) in [4.78, 5) is 12.5. The largest absolute Gasteiger partial charge is 0.357 e. The van der Waals surface area contributed by atoms with Gasteiger partial charge in [0.25, 0.3) is 0 Å². The van der Waals surface area contributed by atoms with Crippen LogP contribution in [0.25, 0.3) is 0 Å². The summed E-state index contributed by atoms with van der Waals surface area (Å²) in [5.74, 6) is 0.194. The van der Waals surface area contributed by atoms with E-state index in [2.05, 4.69) is 26.8 Å². The Balaban J connectivity index is 1.97. The van der Waals surface area contributed by atoms with Gasteiger partial charge in [0, 0.05) is 5.56 Å². The van der Waals surface area contributed by atoms with E-state index < -0.39 is 5.60 Å². The summed E-state index contributed by atoms with van der Waals surface area (Å²) in [6.45, 7) is 6.42. The summed E-state index contributed by atoms with van der Waals surface area (Å²) >= 11 is 0. The highest BCUT2D eigenvalue weighted by molar-refractivity contribution is 6.07. The average molecular weight is 230 g/mol. The molecule has 90 valence electrons. The van der Waals surface area contributed by atoms with Crippen molar-refractivity contribution in [2.24, 2.45) is 5.41 Å². The van der Waals surface area contributed by atoms with Crippen LogP contribution < -0.4 is 0 Å². The molecule has 17 heavy (non-hydrogen) atoms. The number of Topliss-reactive ketones (excluding diaryl/α,β-unsaturated/α-hetero) is 1. The van der Waals surface area contributed by atoms with E-state index in [0.29, 0.717) is 0 Å². The van der Waals surface area contributed by atoms with E-state index in [0.717, 1.165) is 18.4 Å². The van der Waals surface area contributed by atoms with E-state index in [1.807, 2.05) is 18.2 Å². The van der Waals surface area contributed by atoms with Crippen molar-refractivity contribution in [1.82, 2.24) is 0 Å². The fraction of sp³-hybridized carbons (Fsp3) is 0.533. The molecule has 1 fully saturated rings. The number of ketones is 1. The zero-order valence-corrected chi connectivity index (χ0v) is 10.6. The zero-order chi connectivity index (χ0) is 12.3. The van der Waals surface area contributed by atoms with Crippen LogP contribution in [0.4, 0.5) is 0 Å². The quantitative estimate of drug-likeness (QED) is 0.641. The Bertz CT molecular complexity index is 484. The molecular weight excluding hydrogens is 212 g/mol. The SMILES string of the molecule is CC(C)(C)[C@@H]1O[C@]12CCc1ccccc1C2=O. The van der Waals surface area contributed by atoms with Crippen molar-refractivity contribution in [2.75, 3.05) is 0 Å². The highest BCUT2D eigenvalue weighted by atomic mass is 16.6. The number of epoxide rings is 1. The Labute approximate surface area is 102 Å². The number of hydrogen-bond donors (Lipinski definition) is 0. The molecule has 0 bridgehead atoms. The molecule has 2 heteroatoms. The van der Waals surface area contributed by atoms with Crippen molar-refractivity contribution in [3.8, 4) is 0 Å². The second-order valence-corrected chi connectivity index (χ2v) is 6.24. The fourth-order valence-electron chi connectivity index (χ4n) is 3.04. The molecule has 0 amide bonds. The first kappa shape index (κ1) is 11.0. The predicted molar refractivity (Wildman–Crippen MR) is 66.2 cm³/mol. The molecule has 0 radical (unpaired) electrons. The van der Waals surface area contributed by atoms with Crippen molar-refractivity contribution in [3.05, 3.63) is 35.4 Å². The molecule has 3 rings (SSSR count). The van der Waals surface area contributed by atoms with Gasteiger partial charge >= 0.3 is 0 Å². The van der Waals surface area contributed by atoms with E-state index in [9.17, 15) is 4.79 Å². The van der Waals surface area contributed by atoms with Gasteiger partial charge in [-0.15, -0.1) is 0 Å². The topological polar surface area (TPSA) is 29.6 Å². The van der Waals surface area contributed by atoms with Gasteiger partial charge in [-0.25, -0.2) is 0 Å². The lowest BCUT2D eigenvalue weighted by Crippen LogP contribution is -2.36. The maximum atomic E-state index is 12.5. The van der Waals surface area contributed by atoms with E-state index in [4.69, 9.17) is 4.74 Å². The molecule has 1 aromatic rings. The number of carbonyl (C=O) groups excluding carboxylic acids is 1. The molecule has 1 saturated heterocycles. The second kappa shape index (κ2) is 3.20. The van der Waals surface area contributed by atoms with Crippen molar-refractivity contribution >= 4 is 5.78 Å². The smallest absolute Gasteiger partial charge is 0.197 e. The Kier molecular flexibility index (Phi) is 2.06. The molecule has 2 nitrogen and oxygen atoms in total. The highest BCUT2D eigenvalue weighted by Crippen LogP contribution is 2.53. The molecule has 0 unspecified atom stereocenters. The lowest BCUT2D eigenvalue weighted by Gasteiger charge is -2.24. The number of ether oxygens (including phenoxy) is 1. The van der Waals surface area contributed by atoms with Crippen LogP contribution in [0.15, 0.2) is 24.3 Å². The molecule has 1 heterocycles. The van der Waals surface area contributed by atoms with Gasteiger partial charge in [0.2, 0.25) is 0 Å². The Hall–Kier alpha value is -1.15. The van der Waals surface area contributed by atoms with Gasteiger partial charge in [-0.05, 0) is 23.8 Å². The third-order valence-electron chi connectivity index (χ3n) is 3.89. The molecule has 0 saturated carbocycles. The Morgan fingerprint density at radius 2 is 2.00 bits per heavy atom. The zero-order valence-electron chi connectivity index (χ0n) is 10.6. The maximum Gasteiger partial charge on any atom is 0.197 e. The molecule has 2 aliphatic rings. The van der Waals surface area contributed by atoms with Gasteiger partial charge in [0.1, 0.15) is 6.10 Å². The minimum absolute atomic E-state index is 0.0436. The normalized spacial score (nSPS) is 31.5. The van der Waals surface area contributed by atoms with Gasteiger partial charge in [0.05, 0.1) is 0 Å². The molecule has 0 N–H and O–H groups in total. The van der Waals surface area contributed by atoms with Crippen molar-refractivity contribution < 1.29 is 9.53 Å². The Morgan fingerprint density at radius 3 is 2.65 bits per heavy atom. The van der Waals surface area contributed by atoms with Crippen LogP contribution in [0.2, 0.25) is 0 Å². The van der Waals surface area contributed by atoms with Crippen molar-refractivity contribution in [3.63, 3.8) is 0 Å². The lowest BCUT2D eigenvalue weighted by atomic mass is 9.75. The lowest BCUT2D eigenvalue weighted by molar-refractivity contribution is 0.0850. The average Bonchev–Trinajstić information content (AvgIpc) is 3.00. The minimum atomic E-state index is -0.507. The summed E-state index contributed by atoms with van der Waals surface area (Å²) in [5, 5.41) is 0. The van der Waals surface area contributed by atoms with Gasteiger partial charge in [0.15, 0.2) is 11.4 Å². The Morgan fingerprint density at radius 1 is 1.29 bits per heavy atom. The summed E-state index contributed by atoms with van der Waals surface area (Å²) in [6, 6.07) is 7.91. The summed E-state index contributed by atoms with van der Waals surface area (Å²) in [6.07, 6.45) is 1.87. The molecule has 1 spiro atoms. The number of aryl methyl sites for hydroxylation is 1. The molecule has 1 aliphatic carbocycles. The first-order valence-electron chi connectivity index (χ1n) is 6.26. The van der Waals surface area contributed by atoms with Crippen LogP contribution in [0, 0.1) is 5.41 Å². The van der Waals surface area contributed by atoms with Crippen LogP contribution in [0.1, 0.15) is 43.1 Å². The highest BCUT2D eigenvalue weighted by Gasteiger charge is 2.66. The van der Waals surface area contributed by atoms with Crippen LogP contribution >= 0.6 is 0 Å². The number of benzene rings is 1. The third-order valence-corrected chi connectivity index (χ3v) is 3.89. The summed E-state index contributed by atoms with van der Waals surface area (Å²) in [5.41, 5.74) is 1.57. The summed E-state index contributed by atoms with van der Waals surface area (Å²) in [7, 11) is 0. The molecule has 1 aromatic carbocycles. The number of rotatable bonds is 0. The van der Waals surface area contributed by atoms with Gasteiger partial charge < -0.3 is 4.74 Å². The first-order valence-corrected chi connectivity index (χ1v) is 6.26. The van der Waals surface area contributed by atoms with E-state index >= 15 is 0 Å². The second-order valence-electron chi connectivity index (χ2n) is 6.24. The summed E-state index contributed by atoms with van der Waals surface area (Å²) < 4.78 is 5.83. The minimum Gasteiger partial charge on any atom is -0.357 e. The molecular formula is C15H18O2. The van der Waals surface area contributed by atoms with Crippen LogP contribution in [-0.2, 0) is 11.2 Å².